The summed E-state index contributed by atoms with van der Waals surface area (Å²) in [4.78, 5) is 11.8. The molecule has 0 atom stereocenters. The molecule has 2 aromatic carbocycles. The summed E-state index contributed by atoms with van der Waals surface area (Å²) in [5.74, 6) is -2.02. The van der Waals surface area contributed by atoms with E-state index in [1.807, 2.05) is 0 Å². The molecule has 0 heterocycles. The summed E-state index contributed by atoms with van der Waals surface area (Å²) < 4.78 is 27.4. The van der Waals surface area contributed by atoms with Crippen LogP contribution in [0.25, 0.3) is 0 Å². The topological polar surface area (TPSA) is 29.1 Å². The van der Waals surface area contributed by atoms with Gasteiger partial charge in [0.1, 0.15) is 11.6 Å². The predicted octanol–water partition coefficient (Wildman–Crippen LogP) is 4.56. The summed E-state index contributed by atoms with van der Waals surface area (Å²) in [5.41, 5.74) is 0.183. The Bertz CT molecular complexity index is 643. The first-order chi connectivity index (χ1) is 9.49. The third-order valence-corrected chi connectivity index (χ3v) is 4.02. The second kappa shape index (κ2) is 6.33. The van der Waals surface area contributed by atoms with E-state index in [1.54, 1.807) is 18.2 Å². The van der Waals surface area contributed by atoms with Gasteiger partial charge >= 0.3 is 0 Å². The zero-order valence-corrected chi connectivity index (χ0v) is 12.4. The van der Waals surface area contributed by atoms with Crippen LogP contribution in [0.5, 0.6) is 0 Å². The lowest BCUT2D eigenvalue weighted by Crippen LogP contribution is -2.16. The van der Waals surface area contributed by atoms with E-state index in [1.165, 1.54) is 6.07 Å². The molecule has 0 fully saturated rings. The molecule has 1 N–H and O–H groups in total. The highest BCUT2D eigenvalue weighted by molar-refractivity contribution is 9.10. The van der Waals surface area contributed by atoms with Gasteiger partial charge in [0.2, 0.25) is 5.91 Å². The molecule has 0 radical (unpaired) electrons. The lowest BCUT2D eigenvalue weighted by atomic mass is 10.1. The molecule has 2 aromatic rings. The van der Waals surface area contributed by atoms with Crippen LogP contribution in [0.4, 0.5) is 14.5 Å². The van der Waals surface area contributed by atoms with E-state index < -0.39 is 24.0 Å². The maximum Gasteiger partial charge on any atom is 0.229 e. The molecule has 0 bridgehead atoms. The van der Waals surface area contributed by atoms with Crippen LogP contribution in [-0.4, -0.2) is 5.91 Å². The molecule has 0 saturated carbocycles. The van der Waals surface area contributed by atoms with Crippen molar-refractivity contribution in [1.29, 1.82) is 0 Å². The van der Waals surface area contributed by atoms with Crippen LogP contribution in [0.1, 0.15) is 5.56 Å². The minimum atomic E-state index is -0.745. The van der Waals surface area contributed by atoms with Crippen LogP contribution in [-0.2, 0) is 11.2 Å². The number of rotatable bonds is 3. The van der Waals surface area contributed by atoms with Crippen LogP contribution in [0.2, 0.25) is 5.02 Å². The fourth-order valence-electron chi connectivity index (χ4n) is 1.66. The fraction of sp³-hybridized carbons (Fsp3) is 0.0714. The van der Waals surface area contributed by atoms with Gasteiger partial charge in [-0.3, -0.25) is 4.79 Å². The summed E-state index contributed by atoms with van der Waals surface area (Å²) in [6, 6.07) is 8.41. The molecule has 0 spiro atoms. The summed E-state index contributed by atoms with van der Waals surface area (Å²) in [7, 11) is 0. The van der Waals surface area contributed by atoms with Gasteiger partial charge in [-0.1, -0.05) is 23.7 Å². The van der Waals surface area contributed by atoms with Gasteiger partial charge in [-0.05, 0) is 40.2 Å². The van der Waals surface area contributed by atoms with Gasteiger partial charge in [0, 0.05) is 5.56 Å². The Morgan fingerprint density at radius 3 is 2.40 bits per heavy atom. The van der Waals surface area contributed by atoms with Crippen LogP contribution >= 0.6 is 27.5 Å². The monoisotopic (exact) mass is 359 g/mol. The first-order valence-corrected chi connectivity index (χ1v) is 6.83. The first kappa shape index (κ1) is 14.9. The Hall–Kier alpha value is -1.46. The average molecular weight is 361 g/mol. The molecule has 104 valence electrons. The van der Waals surface area contributed by atoms with E-state index in [-0.39, 0.29) is 5.56 Å². The quantitative estimate of drug-likeness (QED) is 0.854. The molecule has 0 saturated heterocycles. The lowest BCUT2D eigenvalue weighted by molar-refractivity contribution is -0.115. The highest BCUT2D eigenvalue weighted by atomic mass is 79.9. The zero-order chi connectivity index (χ0) is 14.7. The highest BCUT2D eigenvalue weighted by Crippen LogP contribution is 2.30. The van der Waals surface area contributed by atoms with Gasteiger partial charge in [0.05, 0.1) is 21.6 Å². The Kier molecular flexibility index (Phi) is 4.73. The van der Waals surface area contributed by atoms with Crippen molar-refractivity contribution in [2.45, 2.75) is 6.42 Å². The minimum absolute atomic E-state index is 0.261. The lowest BCUT2D eigenvalue weighted by Gasteiger charge is -2.09. The van der Waals surface area contributed by atoms with Crippen LogP contribution in [0.15, 0.2) is 40.9 Å². The van der Waals surface area contributed by atoms with Crippen LogP contribution < -0.4 is 5.32 Å². The zero-order valence-electron chi connectivity index (χ0n) is 10.1. The number of hydrogen-bond acceptors (Lipinski definition) is 1. The van der Waals surface area contributed by atoms with Crippen molar-refractivity contribution in [2.75, 3.05) is 5.32 Å². The molecular weight excluding hydrogens is 352 g/mol. The second-order valence-corrected chi connectivity index (χ2v) is 5.23. The standard InChI is InChI=1S/C14H9BrClF2NO/c15-14-9(16)3-1-6-12(14)19-13(20)7-8-10(17)4-2-5-11(8)18/h1-6H,7H2,(H,19,20). The molecule has 0 aromatic heterocycles. The van der Waals surface area contributed by atoms with E-state index in [4.69, 9.17) is 11.6 Å². The van der Waals surface area contributed by atoms with E-state index in [0.717, 1.165) is 12.1 Å². The van der Waals surface area contributed by atoms with Crippen LogP contribution in [0, 0.1) is 11.6 Å². The summed E-state index contributed by atoms with van der Waals surface area (Å²) in [6.45, 7) is 0. The predicted molar refractivity (Wildman–Crippen MR) is 77.8 cm³/mol. The molecular formula is C14H9BrClF2NO. The second-order valence-electron chi connectivity index (χ2n) is 4.03. The smallest absolute Gasteiger partial charge is 0.229 e. The van der Waals surface area contributed by atoms with Crippen molar-refractivity contribution < 1.29 is 13.6 Å². The van der Waals surface area contributed by atoms with Crippen molar-refractivity contribution in [3.05, 3.63) is 63.1 Å². The molecule has 20 heavy (non-hydrogen) atoms. The molecule has 1 amide bonds. The molecule has 2 nitrogen and oxygen atoms in total. The van der Waals surface area contributed by atoms with Crippen molar-refractivity contribution in [3.8, 4) is 0 Å². The summed E-state index contributed by atoms with van der Waals surface area (Å²) in [5, 5.41) is 2.98. The maximum absolute atomic E-state index is 13.4. The number of carbonyl (C=O) groups is 1. The van der Waals surface area contributed by atoms with E-state index >= 15 is 0 Å². The number of nitrogens with one attached hydrogen (secondary N) is 1. The van der Waals surface area contributed by atoms with Gasteiger partial charge in [0.15, 0.2) is 0 Å². The Balaban J connectivity index is 2.16. The number of amides is 1. The van der Waals surface area contributed by atoms with Gasteiger partial charge in [-0.2, -0.15) is 0 Å². The van der Waals surface area contributed by atoms with Crippen molar-refractivity contribution >= 4 is 39.1 Å². The fourth-order valence-corrected chi connectivity index (χ4v) is 2.19. The Labute approximate surface area is 127 Å². The molecule has 0 unspecified atom stereocenters. The summed E-state index contributed by atoms with van der Waals surface area (Å²) in [6.07, 6.45) is -0.391. The van der Waals surface area contributed by atoms with Crippen molar-refractivity contribution in [3.63, 3.8) is 0 Å². The highest BCUT2D eigenvalue weighted by Gasteiger charge is 2.14. The number of carbonyl (C=O) groups excluding carboxylic acids is 1. The average Bonchev–Trinajstić information content (AvgIpc) is 2.39. The Morgan fingerprint density at radius 1 is 1.15 bits per heavy atom. The van der Waals surface area contributed by atoms with Gasteiger partial charge in [-0.25, -0.2) is 8.78 Å². The molecule has 0 aliphatic rings. The largest absolute Gasteiger partial charge is 0.325 e. The normalized spacial score (nSPS) is 10.4. The van der Waals surface area contributed by atoms with Crippen molar-refractivity contribution in [1.82, 2.24) is 0 Å². The minimum Gasteiger partial charge on any atom is -0.325 e. The number of benzene rings is 2. The first-order valence-electron chi connectivity index (χ1n) is 5.66. The Morgan fingerprint density at radius 2 is 1.75 bits per heavy atom. The van der Waals surface area contributed by atoms with Crippen LogP contribution in [0.3, 0.4) is 0 Å². The third kappa shape index (κ3) is 3.35. The molecule has 6 heteroatoms. The van der Waals surface area contributed by atoms with E-state index in [0.29, 0.717) is 15.2 Å². The molecule has 2 rings (SSSR count). The number of hydrogen-bond donors (Lipinski definition) is 1. The number of halogens is 4. The SMILES string of the molecule is O=C(Cc1c(F)cccc1F)Nc1cccc(Cl)c1Br. The number of anilines is 1. The summed E-state index contributed by atoms with van der Waals surface area (Å²) >= 11 is 9.12. The molecule has 0 aliphatic carbocycles. The van der Waals surface area contributed by atoms with Gasteiger partial charge in [-0.15, -0.1) is 0 Å². The van der Waals surface area contributed by atoms with Gasteiger partial charge in [0.25, 0.3) is 0 Å². The maximum atomic E-state index is 13.4. The molecule has 0 aliphatic heterocycles. The van der Waals surface area contributed by atoms with Crippen molar-refractivity contribution in [2.24, 2.45) is 0 Å². The van der Waals surface area contributed by atoms with E-state index in [9.17, 15) is 13.6 Å². The third-order valence-electron chi connectivity index (χ3n) is 2.62. The van der Waals surface area contributed by atoms with Gasteiger partial charge < -0.3 is 5.32 Å². The van der Waals surface area contributed by atoms with E-state index in [2.05, 4.69) is 21.2 Å².